The van der Waals surface area contributed by atoms with Crippen LogP contribution in [0.2, 0.25) is 0 Å². The molecule has 3 heteroatoms. The molecule has 2 nitrogen and oxygen atoms in total. The molecule has 0 fully saturated rings. The van der Waals surface area contributed by atoms with Crippen molar-refractivity contribution in [1.29, 1.82) is 5.26 Å². The molecule has 0 aromatic heterocycles. The van der Waals surface area contributed by atoms with Crippen molar-refractivity contribution in [3.05, 3.63) is 71.8 Å². The number of nitriles is 1. The number of nitrogens with zero attached hydrogens (tertiary/aromatic N) is 1. The Bertz CT molecular complexity index is 548. The Morgan fingerprint density at radius 1 is 1.00 bits per heavy atom. The van der Waals surface area contributed by atoms with E-state index < -0.39 is 0 Å². The first-order valence-electron chi connectivity index (χ1n) is 7.04. The van der Waals surface area contributed by atoms with Gasteiger partial charge in [-0.3, -0.25) is 5.32 Å². The molecule has 0 bridgehead atoms. The topological polar surface area (TPSA) is 35.8 Å². The quantitative estimate of drug-likeness (QED) is 0.864. The number of rotatable bonds is 6. The average Bonchev–Trinajstić information content (AvgIpc) is 2.52. The SMILES string of the molecule is CC(CCc1ccccc1)NC(C#N)c1ccccc1.Cl. The van der Waals surface area contributed by atoms with E-state index in [1.54, 1.807) is 0 Å². The standard InChI is InChI=1S/C18H20N2.ClH/c1-15(12-13-16-8-4-2-5-9-16)20-18(14-19)17-10-6-3-7-11-17;/h2-11,15,18,20H,12-13H2,1H3;1H. The van der Waals surface area contributed by atoms with Crippen molar-refractivity contribution in [2.75, 3.05) is 0 Å². The summed E-state index contributed by atoms with van der Waals surface area (Å²) < 4.78 is 0. The lowest BCUT2D eigenvalue weighted by Gasteiger charge is -2.18. The molecule has 110 valence electrons. The molecule has 0 heterocycles. The van der Waals surface area contributed by atoms with Gasteiger partial charge in [0, 0.05) is 6.04 Å². The van der Waals surface area contributed by atoms with Gasteiger partial charge < -0.3 is 0 Å². The van der Waals surface area contributed by atoms with E-state index >= 15 is 0 Å². The van der Waals surface area contributed by atoms with E-state index in [1.165, 1.54) is 5.56 Å². The van der Waals surface area contributed by atoms with Crippen LogP contribution in [0.1, 0.15) is 30.5 Å². The van der Waals surface area contributed by atoms with Crippen LogP contribution in [0.4, 0.5) is 0 Å². The Kier molecular flexibility index (Phi) is 7.53. The first kappa shape index (κ1) is 17.2. The zero-order valence-corrected chi connectivity index (χ0v) is 13.0. The van der Waals surface area contributed by atoms with Gasteiger partial charge in [0.25, 0.3) is 0 Å². The summed E-state index contributed by atoms with van der Waals surface area (Å²) in [6.45, 7) is 2.14. The summed E-state index contributed by atoms with van der Waals surface area (Å²) in [5.74, 6) is 0. The fourth-order valence-corrected chi connectivity index (χ4v) is 2.25. The minimum Gasteiger partial charge on any atom is -0.296 e. The van der Waals surface area contributed by atoms with Gasteiger partial charge in [-0.2, -0.15) is 5.26 Å². The van der Waals surface area contributed by atoms with Gasteiger partial charge in [-0.25, -0.2) is 0 Å². The zero-order chi connectivity index (χ0) is 14.2. The van der Waals surface area contributed by atoms with Crippen LogP contribution in [0.15, 0.2) is 60.7 Å². The van der Waals surface area contributed by atoms with E-state index in [0.29, 0.717) is 6.04 Å². The summed E-state index contributed by atoms with van der Waals surface area (Å²) in [5, 5.41) is 12.7. The molecule has 2 aromatic rings. The zero-order valence-electron chi connectivity index (χ0n) is 12.2. The van der Waals surface area contributed by atoms with Gasteiger partial charge in [-0.1, -0.05) is 60.7 Å². The second kappa shape index (κ2) is 9.18. The summed E-state index contributed by atoms with van der Waals surface area (Å²) in [7, 11) is 0. The van der Waals surface area contributed by atoms with E-state index in [0.717, 1.165) is 18.4 Å². The molecule has 0 amide bonds. The summed E-state index contributed by atoms with van der Waals surface area (Å²) in [6, 6.07) is 22.7. The number of hydrogen-bond donors (Lipinski definition) is 1. The average molecular weight is 301 g/mol. The van der Waals surface area contributed by atoms with Crippen LogP contribution in [0.25, 0.3) is 0 Å². The molecular weight excluding hydrogens is 280 g/mol. The minimum atomic E-state index is -0.234. The van der Waals surface area contributed by atoms with Gasteiger partial charge in [0.1, 0.15) is 6.04 Å². The maximum absolute atomic E-state index is 9.30. The predicted molar refractivity (Wildman–Crippen MR) is 89.4 cm³/mol. The maximum atomic E-state index is 9.30. The van der Waals surface area contributed by atoms with Crippen molar-refractivity contribution in [1.82, 2.24) is 5.32 Å². The lowest BCUT2D eigenvalue weighted by Crippen LogP contribution is -2.30. The highest BCUT2D eigenvalue weighted by molar-refractivity contribution is 5.85. The van der Waals surface area contributed by atoms with Crippen molar-refractivity contribution >= 4 is 12.4 Å². The molecule has 2 aromatic carbocycles. The highest BCUT2D eigenvalue weighted by Crippen LogP contribution is 2.13. The summed E-state index contributed by atoms with van der Waals surface area (Å²) in [5.41, 5.74) is 2.37. The van der Waals surface area contributed by atoms with E-state index in [1.807, 2.05) is 36.4 Å². The minimum absolute atomic E-state index is 0. The van der Waals surface area contributed by atoms with Crippen LogP contribution in [-0.4, -0.2) is 6.04 Å². The number of aryl methyl sites for hydroxylation is 1. The molecule has 21 heavy (non-hydrogen) atoms. The number of benzene rings is 2. The first-order chi connectivity index (χ1) is 9.79. The molecule has 2 atom stereocenters. The highest BCUT2D eigenvalue weighted by Gasteiger charge is 2.12. The third-order valence-corrected chi connectivity index (χ3v) is 3.42. The van der Waals surface area contributed by atoms with Gasteiger partial charge in [0.2, 0.25) is 0 Å². The highest BCUT2D eigenvalue weighted by atomic mass is 35.5. The number of halogens is 1. The number of nitrogens with one attached hydrogen (secondary N) is 1. The van der Waals surface area contributed by atoms with E-state index in [9.17, 15) is 5.26 Å². The smallest absolute Gasteiger partial charge is 0.121 e. The van der Waals surface area contributed by atoms with Crippen molar-refractivity contribution in [3.63, 3.8) is 0 Å². The Labute approximate surface area is 133 Å². The van der Waals surface area contributed by atoms with Crippen LogP contribution < -0.4 is 5.32 Å². The Hall–Kier alpha value is -1.82. The second-order valence-electron chi connectivity index (χ2n) is 5.06. The third kappa shape index (κ3) is 5.59. The van der Waals surface area contributed by atoms with Crippen LogP contribution in [0.5, 0.6) is 0 Å². The van der Waals surface area contributed by atoms with E-state index in [2.05, 4.69) is 42.6 Å². The third-order valence-electron chi connectivity index (χ3n) is 3.42. The van der Waals surface area contributed by atoms with E-state index in [-0.39, 0.29) is 18.4 Å². The second-order valence-corrected chi connectivity index (χ2v) is 5.06. The molecule has 1 N–H and O–H groups in total. The van der Waals surface area contributed by atoms with Crippen LogP contribution in [0.3, 0.4) is 0 Å². The molecule has 0 aliphatic heterocycles. The molecule has 0 spiro atoms. The number of hydrogen-bond acceptors (Lipinski definition) is 2. The fourth-order valence-electron chi connectivity index (χ4n) is 2.25. The van der Waals surface area contributed by atoms with Crippen LogP contribution >= 0.6 is 12.4 Å². The largest absolute Gasteiger partial charge is 0.296 e. The molecule has 0 aliphatic rings. The maximum Gasteiger partial charge on any atom is 0.121 e. The molecule has 2 unspecified atom stereocenters. The summed E-state index contributed by atoms with van der Waals surface area (Å²) in [4.78, 5) is 0. The van der Waals surface area contributed by atoms with Crippen LogP contribution in [0, 0.1) is 11.3 Å². The molecule has 0 radical (unpaired) electrons. The molecule has 0 saturated heterocycles. The lowest BCUT2D eigenvalue weighted by molar-refractivity contribution is 0.485. The van der Waals surface area contributed by atoms with Gasteiger partial charge in [0.15, 0.2) is 0 Å². The van der Waals surface area contributed by atoms with Crippen molar-refractivity contribution in [2.45, 2.75) is 31.8 Å². The molecule has 0 saturated carbocycles. The Balaban J connectivity index is 0.00000220. The summed E-state index contributed by atoms with van der Waals surface area (Å²) in [6.07, 6.45) is 2.05. The van der Waals surface area contributed by atoms with Gasteiger partial charge in [-0.05, 0) is 30.9 Å². The van der Waals surface area contributed by atoms with Gasteiger partial charge in [0.05, 0.1) is 6.07 Å². The molecule has 2 rings (SSSR count). The van der Waals surface area contributed by atoms with Crippen molar-refractivity contribution in [3.8, 4) is 6.07 Å². The summed E-state index contributed by atoms with van der Waals surface area (Å²) >= 11 is 0. The van der Waals surface area contributed by atoms with E-state index in [4.69, 9.17) is 0 Å². The fraction of sp³-hybridized carbons (Fsp3) is 0.278. The van der Waals surface area contributed by atoms with Crippen molar-refractivity contribution < 1.29 is 0 Å². The first-order valence-corrected chi connectivity index (χ1v) is 7.04. The van der Waals surface area contributed by atoms with Crippen LogP contribution in [-0.2, 0) is 6.42 Å². The monoisotopic (exact) mass is 300 g/mol. The van der Waals surface area contributed by atoms with Crippen molar-refractivity contribution in [2.24, 2.45) is 0 Å². The Morgan fingerprint density at radius 3 is 2.14 bits per heavy atom. The lowest BCUT2D eigenvalue weighted by atomic mass is 10.0. The van der Waals surface area contributed by atoms with Gasteiger partial charge >= 0.3 is 0 Å². The molecule has 0 aliphatic carbocycles. The Morgan fingerprint density at radius 2 is 1.57 bits per heavy atom. The normalized spacial score (nSPS) is 12.8. The predicted octanol–water partition coefficient (Wildman–Crippen LogP) is 4.28. The van der Waals surface area contributed by atoms with Gasteiger partial charge in [-0.15, -0.1) is 12.4 Å². The molecular formula is C18H21ClN2.